The molecular weight excluding hydrogens is 252 g/mol. The van der Waals surface area contributed by atoms with Gasteiger partial charge in [0.15, 0.2) is 0 Å². The molecule has 2 aliphatic heterocycles. The third kappa shape index (κ3) is 4.69. The van der Waals surface area contributed by atoms with Crippen LogP contribution in [0.2, 0.25) is 0 Å². The molecule has 4 nitrogen and oxygen atoms in total. The van der Waals surface area contributed by atoms with Gasteiger partial charge in [-0.1, -0.05) is 6.92 Å². The van der Waals surface area contributed by atoms with Crippen LogP contribution < -0.4 is 5.32 Å². The number of piperidine rings is 1. The summed E-state index contributed by atoms with van der Waals surface area (Å²) in [4.78, 5) is 2.59. The minimum Gasteiger partial charge on any atom is -0.388 e. The summed E-state index contributed by atoms with van der Waals surface area (Å²) in [6.45, 7) is 10.3. The van der Waals surface area contributed by atoms with Crippen molar-refractivity contribution in [1.82, 2.24) is 10.2 Å². The van der Waals surface area contributed by atoms with Crippen LogP contribution in [0.15, 0.2) is 0 Å². The summed E-state index contributed by atoms with van der Waals surface area (Å²) in [5.41, 5.74) is -0.551. The van der Waals surface area contributed by atoms with Gasteiger partial charge in [-0.2, -0.15) is 0 Å². The van der Waals surface area contributed by atoms with Crippen molar-refractivity contribution >= 4 is 0 Å². The Balaban J connectivity index is 1.74. The maximum absolute atomic E-state index is 10.5. The van der Waals surface area contributed by atoms with Gasteiger partial charge >= 0.3 is 0 Å². The third-order valence-electron chi connectivity index (χ3n) is 4.97. The van der Waals surface area contributed by atoms with Crippen LogP contribution in [-0.2, 0) is 4.74 Å². The first-order chi connectivity index (χ1) is 9.63. The highest BCUT2D eigenvalue weighted by atomic mass is 16.5. The Hall–Kier alpha value is -0.160. The van der Waals surface area contributed by atoms with E-state index in [0.29, 0.717) is 25.8 Å². The molecule has 0 saturated carbocycles. The molecule has 0 bridgehead atoms. The van der Waals surface area contributed by atoms with Crippen molar-refractivity contribution in [2.24, 2.45) is 5.92 Å². The van der Waals surface area contributed by atoms with Gasteiger partial charge < -0.3 is 20.1 Å². The highest BCUT2D eigenvalue weighted by Gasteiger charge is 2.31. The minimum atomic E-state index is -0.551. The Morgan fingerprint density at radius 2 is 2.15 bits per heavy atom. The Bertz CT molecular complexity index is 278. The zero-order valence-corrected chi connectivity index (χ0v) is 13.2. The molecule has 0 aliphatic carbocycles. The van der Waals surface area contributed by atoms with Crippen LogP contribution in [-0.4, -0.2) is 61.0 Å². The lowest BCUT2D eigenvalue weighted by atomic mass is 9.89. The number of nitrogens with one attached hydrogen (secondary N) is 1. The zero-order valence-electron chi connectivity index (χ0n) is 13.2. The van der Waals surface area contributed by atoms with E-state index < -0.39 is 5.60 Å². The SMILES string of the molecule is CCCN1CCCC(C(C)NCC2(O)CCOCC2)C1. The number of likely N-dealkylation sites (tertiary alicyclic amines) is 1. The first kappa shape index (κ1) is 16.2. The number of rotatable bonds is 6. The molecule has 2 heterocycles. The Kier molecular flexibility index (Phi) is 6.27. The van der Waals surface area contributed by atoms with E-state index >= 15 is 0 Å². The van der Waals surface area contributed by atoms with Crippen LogP contribution in [0, 0.1) is 5.92 Å². The van der Waals surface area contributed by atoms with Crippen LogP contribution in [0.5, 0.6) is 0 Å². The van der Waals surface area contributed by atoms with E-state index in [1.54, 1.807) is 0 Å². The fraction of sp³-hybridized carbons (Fsp3) is 1.00. The van der Waals surface area contributed by atoms with E-state index in [2.05, 4.69) is 24.1 Å². The van der Waals surface area contributed by atoms with Crippen LogP contribution in [0.4, 0.5) is 0 Å². The molecule has 20 heavy (non-hydrogen) atoms. The summed E-state index contributed by atoms with van der Waals surface area (Å²) in [5, 5.41) is 14.1. The monoisotopic (exact) mass is 284 g/mol. The van der Waals surface area contributed by atoms with Gasteiger partial charge in [-0.25, -0.2) is 0 Å². The summed E-state index contributed by atoms with van der Waals surface area (Å²) in [6, 6.07) is 0.488. The average Bonchev–Trinajstić information content (AvgIpc) is 2.46. The Labute approximate surface area is 123 Å². The molecule has 0 aromatic heterocycles. The number of hydrogen-bond donors (Lipinski definition) is 2. The fourth-order valence-corrected chi connectivity index (χ4v) is 3.46. The predicted molar refractivity (Wildman–Crippen MR) is 81.9 cm³/mol. The lowest BCUT2D eigenvalue weighted by Crippen LogP contribution is -2.51. The highest BCUT2D eigenvalue weighted by molar-refractivity contribution is 4.87. The van der Waals surface area contributed by atoms with Crippen LogP contribution in [0.1, 0.15) is 46.0 Å². The second kappa shape index (κ2) is 7.74. The van der Waals surface area contributed by atoms with Crippen molar-refractivity contribution < 1.29 is 9.84 Å². The Morgan fingerprint density at radius 3 is 2.85 bits per heavy atom. The lowest BCUT2D eigenvalue weighted by molar-refractivity contribution is -0.0636. The molecule has 2 fully saturated rings. The normalized spacial score (nSPS) is 29.2. The Morgan fingerprint density at radius 1 is 1.40 bits per heavy atom. The molecule has 118 valence electrons. The molecule has 2 unspecified atom stereocenters. The average molecular weight is 284 g/mol. The van der Waals surface area contributed by atoms with Crippen LogP contribution >= 0.6 is 0 Å². The quantitative estimate of drug-likeness (QED) is 0.778. The van der Waals surface area contributed by atoms with Crippen LogP contribution in [0.3, 0.4) is 0 Å². The molecule has 0 aromatic rings. The predicted octanol–water partition coefficient (Wildman–Crippen LogP) is 1.63. The van der Waals surface area contributed by atoms with Gasteiger partial charge in [-0.15, -0.1) is 0 Å². The van der Waals surface area contributed by atoms with Crippen molar-refractivity contribution in [2.75, 3.05) is 39.4 Å². The van der Waals surface area contributed by atoms with Gasteiger partial charge in [0.1, 0.15) is 0 Å². The molecule has 0 aromatic carbocycles. The number of nitrogens with zero attached hydrogens (tertiary/aromatic N) is 1. The summed E-state index contributed by atoms with van der Waals surface area (Å²) >= 11 is 0. The number of aliphatic hydroxyl groups is 1. The molecule has 2 saturated heterocycles. The molecule has 2 rings (SSSR count). The fourth-order valence-electron chi connectivity index (χ4n) is 3.46. The summed E-state index contributed by atoms with van der Waals surface area (Å²) in [5.74, 6) is 0.721. The standard InChI is InChI=1S/C16H32N2O2/c1-3-8-18-9-4-5-15(12-18)14(2)17-13-16(19)6-10-20-11-7-16/h14-15,17,19H,3-13H2,1-2H3. The minimum absolute atomic E-state index is 0.488. The van der Waals surface area contributed by atoms with Gasteiger partial charge in [0.05, 0.1) is 5.60 Å². The zero-order chi connectivity index (χ0) is 14.4. The van der Waals surface area contributed by atoms with E-state index in [-0.39, 0.29) is 0 Å². The van der Waals surface area contributed by atoms with Gasteiger partial charge in [0.25, 0.3) is 0 Å². The van der Waals surface area contributed by atoms with Crippen molar-refractivity contribution in [3.05, 3.63) is 0 Å². The molecular formula is C16H32N2O2. The first-order valence-electron chi connectivity index (χ1n) is 8.39. The number of hydrogen-bond acceptors (Lipinski definition) is 4. The van der Waals surface area contributed by atoms with Gasteiger partial charge in [-0.05, 0) is 45.2 Å². The van der Waals surface area contributed by atoms with Gasteiger partial charge in [0, 0.05) is 45.2 Å². The van der Waals surface area contributed by atoms with E-state index in [0.717, 1.165) is 18.8 Å². The highest BCUT2D eigenvalue weighted by Crippen LogP contribution is 2.22. The smallest absolute Gasteiger partial charge is 0.0815 e. The van der Waals surface area contributed by atoms with Crippen molar-refractivity contribution in [1.29, 1.82) is 0 Å². The van der Waals surface area contributed by atoms with E-state index in [1.807, 2.05) is 0 Å². The molecule has 2 N–H and O–H groups in total. The molecule has 0 spiro atoms. The second-order valence-corrected chi connectivity index (χ2v) is 6.71. The number of ether oxygens (including phenoxy) is 1. The summed E-state index contributed by atoms with van der Waals surface area (Å²) in [6.07, 6.45) is 5.40. The molecule has 2 atom stereocenters. The van der Waals surface area contributed by atoms with E-state index in [4.69, 9.17) is 4.74 Å². The van der Waals surface area contributed by atoms with Crippen LogP contribution in [0.25, 0.3) is 0 Å². The summed E-state index contributed by atoms with van der Waals surface area (Å²) < 4.78 is 5.33. The summed E-state index contributed by atoms with van der Waals surface area (Å²) in [7, 11) is 0. The lowest BCUT2D eigenvalue weighted by Gasteiger charge is -2.38. The van der Waals surface area contributed by atoms with Gasteiger partial charge in [-0.3, -0.25) is 0 Å². The van der Waals surface area contributed by atoms with Crippen molar-refractivity contribution in [2.45, 2.75) is 57.6 Å². The van der Waals surface area contributed by atoms with E-state index in [1.165, 1.54) is 38.9 Å². The van der Waals surface area contributed by atoms with Crippen molar-refractivity contribution in [3.63, 3.8) is 0 Å². The molecule has 4 heteroatoms. The van der Waals surface area contributed by atoms with Gasteiger partial charge in [0.2, 0.25) is 0 Å². The second-order valence-electron chi connectivity index (χ2n) is 6.71. The maximum atomic E-state index is 10.5. The topological polar surface area (TPSA) is 44.7 Å². The first-order valence-corrected chi connectivity index (χ1v) is 8.39. The van der Waals surface area contributed by atoms with Crippen molar-refractivity contribution in [3.8, 4) is 0 Å². The van der Waals surface area contributed by atoms with E-state index in [9.17, 15) is 5.11 Å². The molecule has 2 aliphatic rings. The third-order valence-corrected chi connectivity index (χ3v) is 4.97. The largest absolute Gasteiger partial charge is 0.388 e. The maximum Gasteiger partial charge on any atom is 0.0815 e. The molecule has 0 amide bonds. The molecule has 0 radical (unpaired) electrons.